The highest BCUT2D eigenvalue weighted by Gasteiger charge is 2.19. The van der Waals surface area contributed by atoms with E-state index < -0.39 is 21.8 Å². The number of aromatic nitrogens is 1. The maximum absolute atomic E-state index is 14.3. The van der Waals surface area contributed by atoms with Crippen LogP contribution >= 0.6 is 0 Å². The number of carbonyl (C=O) groups excluding carboxylic acids is 1. The Labute approximate surface area is 186 Å². The van der Waals surface area contributed by atoms with E-state index >= 15 is 0 Å². The third-order valence-corrected chi connectivity index (χ3v) is 5.75. The number of carbonyl (C=O) groups is 1. The summed E-state index contributed by atoms with van der Waals surface area (Å²) in [6, 6.07) is 14.0. The predicted octanol–water partition coefficient (Wildman–Crippen LogP) is 5.01. The van der Waals surface area contributed by atoms with E-state index in [1.54, 1.807) is 25.1 Å². The van der Waals surface area contributed by atoms with E-state index in [4.69, 9.17) is 0 Å². The van der Waals surface area contributed by atoms with Gasteiger partial charge in [0, 0.05) is 23.6 Å². The lowest BCUT2D eigenvalue weighted by atomic mass is 9.91. The SMILES string of the molecule is Cc1ccc(CCC(=O)C(C)c2ccc(NS(C)(=O)=O)c(F)c2)c(-c2ccccc2F)n1. The molecular formula is C24H24F2N2O3S. The molecule has 0 aliphatic carbocycles. The molecule has 0 spiro atoms. The minimum atomic E-state index is -3.61. The zero-order valence-electron chi connectivity index (χ0n) is 18.0. The summed E-state index contributed by atoms with van der Waals surface area (Å²) in [5.74, 6) is -1.85. The number of halogens is 2. The highest BCUT2D eigenvalue weighted by atomic mass is 32.2. The quantitative estimate of drug-likeness (QED) is 0.515. The smallest absolute Gasteiger partial charge is 0.229 e. The van der Waals surface area contributed by atoms with E-state index in [2.05, 4.69) is 9.71 Å². The van der Waals surface area contributed by atoms with Crippen LogP contribution in [-0.4, -0.2) is 25.4 Å². The number of ketones is 1. The van der Waals surface area contributed by atoms with Crippen LogP contribution in [0.25, 0.3) is 11.3 Å². The molecule has 0 bridgehead atoms. The maximum Gasteiger partial charge on any atom is 0.229 e. The van der Waals surface area contributed by atoms with Crippen LogP contribution in [0.2, 0.25) is 0 Å². The Morgan fingerprint density at radius 1 is 1.06 bits per heavy atom. The van der Waals surface area contributed by atoms with Gasteiger partial charge in [0.25, 0.3) is 0 Å². The van der Waals surface area contributed by atoms with Gasteiger partial charge in [-0.2, -0.15) is 0 Å². The maximum atomic E-state index is 14.3. The van der Waals surface area contributed by atoms with E-state index in [1.807, 2.05) is 19.1 Å². The van der Waals surface area contributed by atoms with Crippen molar-refractivity contribution in [2.24, 2.45) is 0 Å². The monoisotopic (exact) mass is 458 g/mol. The molecule has 0 aliphatic rings. The number of aryl methyl sites for hydroxylation is 2. The minimum absolute atomic E-state index is 0.117. The van der Waals surface area contributed by atoms with Gasteiger partial charge >= 0.3 is 0 Å². The number of nitrogens with zero attached hydrogens (tertiary/aromatic N) is 1. The van der Waals surface area contributed by atoms with Gasteiger partial charge in [0.05, 0.1) is 17.6 Å². The van der Waals surface area contributed by atoms with Gasteiger partial charge in [-0.25, -0.2) is 17.2 Å². The lowest BCUT2D eigenvalue weighted by Gasteiger charge is -2.14. The first-order valence-electron chi connectivity index (χ1n) is 10.1. The standard InChI is InChI=1S/C24H24F2N2O3S/c1-15-8-9-17(24(27-15)19-6-4-5-7-20(19)25)11-13-23(29)16(2)18-10-12-22(21(26)14-18)28-32(3,30)31/h4-10,12,14,16,28H,11,13H2,1-3H3. The molecule has 3 rings (SSSR count). The number of pyridine rings is 1. The largest absolute Gasteiger partial charge is 0.299 e. The fourth-order valence-corrected chi connectivity index (χ4v) is 3.98. The second kappa shape index (κ2) is 9.56. The Kier molecular flexibility index (Phi) is 7.03. The fourth-order valence-electron chi connectivity index (χ4n) is 3.42. The van der Waals surface area contributed by atoms with E-state index in [1.165, 1.54) is 18.2 Å². The summed E-state index contributed by atoms with van der Waals surface area (Å²) in [5.41, 5.74) is 2.65. The van der Waals surface area contributed by atoms with Crippen molar-refractivity contribution in [1.82, 2.24) is 4.98 Å². The first-order chi connectivity index (χ1) is 15.0. The molecule has 0 saturated heterocycles. The molecule has 1 atom stereocenters. The number of nitrogens with one attached hydrogen (secondary N) is 1. The molecule has 3 aromatic rings. The van der Waals surface area contributed by atoms with E-state index in [-0.39, 0.29) is 23.7 Å². The average Bonchev–Trinajstić information content (AvgIpc) is 2.73. The summed E-state index contributed by atoms with van der Waals surface area (Å²) >= 11 is 0. The number of rotatable bonds is 8. The second-order valence-corrected chi connectivity index (χ2v) is 9.49. The molecule has 168 valence electrons. The van der Waals surface area contributed by atoms with Crippen molar-refractivity contribution in [2.45, 2.75) is 32.6 Å². The minimum Gasteiger partial charge on any atom is -0.299 e. The Morgan fingerprint density at radius 2 is 1.78 bits per heavy atom. The topological polar surface area (TPSA) is 76.1 Å². The first-order valence-corrected chi connectivity index (χ1v) is 12.0. The molecule has 1 heterocycles. The fraction of sp³-hybridized carbons (Fsp3) is 0.250. The highest BCUT2D eigenvalue weighted by Crippen LogP contribution is 2.28. The molecule has 0 amide bonds. The number of hydrogen-bond donors (Lipinski definition) is 1. The molecule has 0 saturated carbocycles. The lowest BCUT2D eigenvalue weighted by Crippen LogP contribution is -2.13. The average molecular weight is 459 g/mol. The van der Waals surface area contributed by atoms with Crippen molar-refractivity contribution >= 4 is 21.5 Å². The Hall–Kier alpha value is -3.13. The zero-order chi connectivity index (χ0) is 23.5. The molecule has 0 aliphatic heterocycles. The van der Waals surface area contributed by atoms with Gasteiger partial charge in [0.15, 0.2) is 0 Å². The summed E-state index contributed by atoms with van der Waals surface area (Å²) in [7, 11) is -3.61. The first kappa shape index (κ1) is 23.5. The van der Waals surface area contributed by atoms with Crippen LogP contribution in [0.4, 0.5) is 14.5 Å². The molecule has 0 radical (unpaired) electrons. The van der Waals surface area contributed by atoms with Gasteiger partial charge in [-0.3, -0.25) is 14.5 Å². The molecule has 1 N–H and O–H groups in total. The predicted molar refractivity (Wildman–Crippen MR) is 121 cm³/mol. The number of benzene rings is 2. The van der Waals surface area contributed by atoms with Crippen LogP contribution in [-0.2, 0) is 21.2 Å². The molecule has 32 heavy (non-hydrogen) atoms. The summed E-state index contributed by atoms with van der Waals surface area (Å²) in [4.78, 5) is 17.3. The van der Waals surface area contributed by atoms with Gasteiger partial charge in [-0.05, 0) is 54.8 Å². The Morgan fingerprint density at radius 3 is 2.44 bits per heavy atom. The summed E-state index contributed by atoms with van der Waals surface area (Å²) in [5, 5.41) is 0. The number of Topliss-reactive ketones (excluding diaryl/α,β-unsaturated/α-hetero) is 1. The van der Waals surface area contributed by atoms with Crippen LogP contribution < -0.4 is 4.72 Å². The normalized spacial score (nSPS) is 12.4. The van der Waals surface area contributed by atoms with Crippen molar-refractivity contribution in [3.05, 3.63) is 83.1 Å². The Bertz CT molecular complexity index is 1260. The molecule has 1 unspecified atom stereocenters. The number of sulfonamides is 1. The lowest BCUT2D eigenvalue weighted by molar-refractivity contribution is -0.120. The molecular weight excluding hydrogens is 434 g/mol. The number of hydrogen-bond acceptors (Lipinski definition) is 4. The van der Waals surface area contributed by atoms with Gasteiger partial charge < -0.3 is 0 Å². The molecule has 5 nitrogen and oxygen atoms in total. The second-order valence-electron chi connectivity index (χ2n) is 7.74. The third-order valence-electron chi connectivity index (χ3n) is 5.16. The number of anilines is 1. The van der Waals surface area contributed by atoms with Gasteiger partial charge in [-0.1, -0.05) is 31.2 Å². The van der Waals surface area contributed by atoms with Gasteiger partial charge in [-0.15, -0.1) is 0 Å². The van der Waals surface area contributed by atoms with Crippen molar-refractivity contribution in [2.75, 3.05) is 11.0 Å². The van der Waals surface area contributed by atoms with E-state index in [0.29, 0.717) is 23.2 Å². The summed E-state index contributed by atoms with van der Waals surface area (Å²) in [6.07, 6.45) is 1.46. The molecule has 8 heteroatoms. The van der Waals surface area contributed by atoms with Crippen LogP contribution in [0.5, 0.6) is 0 Å². The van der Waals surface area contributed by atoms with E-state index in [0.717, 1.165) is 23.6 Å². The van der Waals surface area contributed by atoms with Crippen LogP contribution in [0.15, 0.2) is 54.6 Å². The zero-order valence-corrected chi connectivity index (χ0v) is 18.8. The molecule has 1 aromatic heterocycles. The molecule has 2 aromatic carbocycles. The van der Waals surface area contributed by atoms with Crippen LogP contribution in [0, 0.1) is 18.6 Å². The van der Waals surface area contributed by atoms with Crippen molar-refractivity contribution < 1.29 is 22.0 Å². The van der Waals surface area contributed by atoms with Crippen molar-refractivity contribution in [3.63, 3.8) is 0 Å². The van der Waals surface area contributed by atoms with Crippen LogP contribution in [0.1, 0.15) is 36.1 Å². The Balaban J connectivity index is 1.76. The van der Waals surface area contributed by atoms with Crippen molar-refractivity contribution in [3.8, 4) is 11.3 Å². The van der Waals surface area contributed by atoms with Gasteiger partial charge in [0.2, 0.25) is 10.0 Å². The molecule has 0 fully saturated rings. The third kappa shape index (κ3) is 5.76. The highest BCUT2D eigenvalue weighted by molar-refractivity contribution is 7.92. The summed E-state index contributed by atoms with van der Waals surface area (Å²) in [6.45, 7) is 3.49. The summed E-state index contributed by atoms with van der Waals surface area (Å²) < 4.78 is 53.3. The van der Waals surface area contributed by atoms with E-state index in [9.17, 15) is 22.0 Å². The van der Waals surface area contributed by atoms with Crippen molar-refractivity contribution in [1.29, 1.82) is 0 Å². The van der Waals surface area contributed by atoms with Crippen LogP contribution in [0.3, 0.4) is 0 Å². The van der Waals surface area contributed by atoms with Gasteiger partial charge in [0.1, 0.15) is 17.4 Å².